The lowest BCUT2D eigenvalue weighted by atomic mass is 10.1. The maximum atomic E-state index is 11.2. The highest BCUT2D eigenvalue weighted by molar-refractivity contribution is 8.03. The number of fused-ring (bicyclic) bond motifs is 2. The van der Waals surface area contributed by atoms with Crippen molar-refractivity contribution in [1.82, 2.24) is 4.90 Å². The number of thioether (sulfide) groups is 1. The van der Waals surface area contributed by atoms with E-state index in [1.807, 2.05) is 59.7 Å². The molecule has 0 saturated heterocycles. The third-order valence-electron chi connectivity index (χ3n) is 7.13. The highest BCUT2D eigenvalue weighted by Crippen LogP contribution is 2.47. The minimum Gasteiger partial charge on any atom is -0.748 e. The summed E-state index contributed by atoms with van der Waals surface area (Å²) in [6.45, 7) is 14.8. The number of hydrogen-bond acceptors (Lipinski definition) is 9. The van der Waals surface area contributed by atoms with Crippen molar-refractivity contribution in [2.24, 2.45) is 0 Å². The molecule has 0 amide bonds. The fraction of sp³-hybridized carbons (Fsp3) is 0.483. The van der Waals surface area contributed by atoms with Crippen molar-refractivity contribution in [3.05, 3.63) is 58.4 Å². The molecule has 2 aromatic carbocycles. The zero-order valence-electron chi connectivity index (χ0n) is 24.9. The minimum absolute atomic E-state index is 0.171. The molecule has 1 aliphatic rings. The molecule has 0 unspecified atom stereocenters. The SMILES string of the molecule is CCN(CC)CC.Cc1cc2c(cc1C)N(CCCS(=O)(=O)[O-])/C(=C/c1oc3ccccc3[n+]1CCCS(=O)(=O)O)S2. The summed E-state index contributed by atoms with van der Waals surface area (Å²) < 4.78 is 73.0. The summed E-state index contributed by atoms with van der Waals surface area (Å²) in [5, 5.41) is 0.802. The van der Waals surface area contributed by atoms with Gasteiger partial charge >= 0.3 is 5.89 Å². The Kier molecular flexibility index (Phi) is 12.0. The lowest BCUT2D eigenvalue weighted by Crippen LogP contribution is -2.36. The Balaban J connectivity index is 0.000000616. The first-order valence-corrected chi connectivity index (χ1v) is 18.1. The summed E-state index contributed by atoms with van der Waals surface area (Å²) >= 11 is 1.52. The fourth-order valence-electron chi connectivity index (χ4n) is 4.66. The van der Waals surface area contributed by atoms with Gasteiger partial charge in [0, 0.05) is 29.7 Å². The molecule has 2 heterocycles. The number of para-hydroxylation sites is 2. The number of oxazole rings is 1. The average molecular weight is 640 g/mol. The molecule has 0 saturated carbocycles. The van der Waals surface area contributed by atoms with Crippen molar-refractivity contribution in [1.29, 1.82) is 0 Å². The van der Waals surface area contributed by atoms with Gasteiger partial charge < -0.3 is 18.8 Å². The van der Waals surface area contributed by atoms with E-state index in [9.17, 15) is 21.4 Å². The monoisotopic (exact) mass is 639 g/mol. The van der Waals surface area contributed by atoms with Crippen molar-refractivity contribution in [3.63, 3.8) is 0 Å². The van der Waals surface area contributed by atoms with Crippen LogP contribution in [-0.2, 0) is 26.8 Å². The summed E-state index contributed by atoms with van der Waals surface area (Å²) in [7, 11) is -8.41. The topological polar surface area (TPSA) is 135 Å². The van der Waals surface area contributed by atoms with Crippen molar-refractivity contribution >= 4 is 54.9 Å². The van der Waals surface area contributed by atoms with Crippen LogP contribution in [0.2, 0.25) is 0 Å². The highest BCUT2D eigenvalue weighted by atomic mass is 32.2. The molecule has 13 heteroatoms. The fourth-order valence-corrected chi connectivity index (χ4v) is 6.83. The van der Waals surface area contributed by atoms with E-state index in [0.717, 1.165) is 32.3 Å². The molecule has 1 N–H and O–H groups in total. The molecule has 1 aromatic heterocycles. The molecule has 4 rings (SSSR count). The zero-order valence-corrected chi connectivity index (χ0v) is 27.3. The zero-order chi connectivity index (χ0) is 31.1. The van der Waals surface area contributed by atoms with Crippen LogP contribution in [0.1, 0.15) is 50.6 Å². The molecule has 42 heavy (non-hydrogen) atoms. The van der Waals surface area contributed by atoms with E-state index in [-0.39, 0.29) is 18.6 Å². The smallest absolute Gasteiger partial charge is 0.376 e. The molecule has 3 aromatic rings. The molecule has 0 bridgehead atoms. The predicted octanol–water partition coefficient (Wildman–Crippen LogP) is 4.81. The molecular formula is C29H41N3O7S3. The van der Waals surface area contributed by atoms with E-state index in [2.05, 4.69) is 31.7 Å². The summed E-state index contributed by atoms with van der Waals surface area (Å²) in [6, 6.07) is 11.5. The first-order chi connectivity index (χ1) is 19.8. The van der Waals surface area contributed by atoms with Gasteiger partial charge in [0.2, 0.25) is 5.58 Å². The standard InChI is InChI=1S/C23H26N2O7S3.C6H15N/c1-16-13-19-21(14-17(16)2)33-23(25(19)10-6-12-35(29,30)31)15-22-24(9-5-11-34(26,27)28)18-7-3-4-8-20(18)32-22;1-4-7(5-2)6-3/h3-4,7-8,13-15H,5-6,9-12H2,1-2H3,(H-,26,27,28,29,30,31);4-6H2,1-3H3. The Morgan fingerprint density at radius 1 is 1.00 bits per heavy atom. The van der Waals surface area contributed by atoms with Gasteiger partial charge in [0.1, 0.15) is 0 Å². The van der Waals surface area contributed by atoms with Gasteiger partial charge in [0.25, 0.3) is 15.6 Å². The van der Waals surface area contributed by atoms with E-state index in [4.69, 9.17) is 8.97 Å². The van der Waals surface area contributed by atoms with Crippen LogP contribution in [0.5, 0.6) is 0 Å². The van der Waals surface area contributed by atoms with Crippen LogP contribution in [0.15, 0.2) is 50.7 Å². The van der Waals surface area contributed by atoms with E-state index < -0.39 is 26.0 Å². The van der Waals surface area contributed by atoms with Crippen LogP contribution < -0.4 is 9.47 Å². The van der Waals surface area contributed by atoms with Gasteiger partial charge in [-0.05, 0) is 69.2 Å². The normalized spacial score (nSPS) is 14.5. The van der Waals surface area contributed by atoms with Crippen molar-refractivity contribution in [2.75, 3.05) is 42.6 Å². The Morgan fingerprint density at radius 2 is 1.64 bits per heavy atom. The molecule has 0 fully saturated rings. The third kappa shape index (κ3) is 9.55. The number of aromatic nitrogens is 1. The van der Waals surface area contributed by atoms with Gasteiger partial charge in [-0.25, -0.2) is 8.42 Å². The Bertz CT molecular complexity index is 1610. The molecule has 0 atom stereocenters. The van der Waals surface area contributed by atoms with Gasteiger partial charge in [-0.2, -0.15) is 13.0 Å². The van der Waals surface area contributed by atoms with E-state index in [1.54, 1.807) is 0 Å². The summed E-state index contributed by atoms with van der Waals surface area (Å²) in [5.41, 5.74) is 4.56. The van der Waals surface area contributed by atoms with Crippen molar-refractivity contribution in [3.8, 4) is 0 Å². The predicted molar refractivity (Wildman–Crippen MR) is 167 cm³/mol. The van der Waals surface area contributed by atoms with E-state index >= 15 is 0 Å². The lowest BCUT2D eigenvalue weighted by molar-refractivity contribution is -0.677. The minimum atomic E-state index is -4.33. The summed E-state index contributed by atoms with van der Waals surface area (Å²) in [5.74, 6) is -0.335. The van der Waals surface area contributed by atoms with E-state index in [0.29, 0.717) is 24.6 Å². The second kappa shape index (κ2) is 14.8. The molecule has 0 radical (unpaired) electrons. The van der Waals surface area contributed by atoms with Crippen molar-refractivity contribution < 1.29 is 34.9 Å². The summed E-state index contributed by atoms with van der Waals surface area (Å²) in [4.78, 5) is 5.37. The molecular weight excluding hydrogens is 599 g/mol. The maximum Gasteiger partial charge on any atom is 0.376 e. The molecule has 0 spiro atoms. The van der Waals surface area contributed by atoms with Gasteiger partial charge in [0.15, 0.2) is 6.54 Å². The van der Waals surface area contributed by atoms with Crippen LogP contribution in [0, 0.1) is 13.8 Å². The van der Waals surface area contributed by atoms with Gasteiger partial charge in [-0.1, -0.05) is 44.7 Å². The van der Waals surface area contributed by atoms with Crippen LogP contribution in [0.3, 0.4) is 0 Å². The third-order valence-corrected chi connectivity index (χ3v) is 9.82. The second-order valence-corrected chi connectivity index (χ2v) is 14.2. The Morgan fingerprint density at radius 3 is 2.24 bits per heavy atom. The van der Waals surface area contributed by atoms with Crippen LogP contribution in [0.25, 0.3) is 17.2 Å². The second-order valence-electron chi connectivity index (χ2n) is 10.1. The van der Waals surface area contributed by atoms with Gasteiger partial charge in [0.05, 0.1) is 32.7 Å². The van der Waals surface area contributed by atoms with Gasteiger partial charge in [-0.15, -0.1) is 0 Å². The Labute approximate surface area is 253 Å². The first-order valence-electron chi connectivity index (χ1n) is 14.1. The van der Waals surface area contributed by atoms with Crippen molar-refractivity contribution in [2.45, 2.75) is 58.9 Å². The van der Waals surface area contributed by atoms with Crippen LogP contribution in [-0.4, -0.2) is 68.5 Å². The van der Waals surface area contributed by atoms with Gasteiger partial charge in [-0.3, -0.25) is 4.55 Å². The maximum absolute atomic E-state index is 11.2. The number of anilines is 1. The van der Waals surface area contributed by atoms with Crippen LogP contribution in [0.4, 0.5) is 5.69 Å². The molecule has 232 valence electrons. The number of nitrogens with zero attached hydrogens (tertiary/aromatic N) is 3. The number of aryl methyl sites for hydroxylation is 3. The molecule has 1 aliphatic heterocycles. The average Bonchev–Trinajstić information content (AvgIpc) is 3.41. The lowest BCUT2D eigenvalue weighted by Gasteiger charge is -2.21. The van der Waals surface area contributed by atoms with E-state index in [1.165, 1.54) is 31.4 Å². The number of benzene rings is 2. The Hall–Kier alpha value is -2.42. The number of hydrogen-bond donors (Lipinski definition) is 1. The molecule has 10 nitrogen and oxygen atoms in total. The van der Waals surface area contributed by atoms with Crippen LogP contribution >= 0.6 is 11.8 Å². The molecule has 0 aliphatic carbocycles. The summed E-state index contributed by atoms with van der Waals surface area (Å²) in [6.07, 6.45) is 2.21. The quantitative estimate of drug-likeness (QED) is 0.217. The highest BCUT2D eigenvalue weighted by Gasteiger charge is 2.29. The first kappa shape index (κ1) is 34.1. The largest absolute Gasteiger partial charge is 0.748 e. The number of rotatable bonds is 12.